The van der Waals surface area contributed by atoms with E-state index in [4.69, 9.17) is 0 Å². The van der Waals surface area contributed by atoms with Gasteiger partial charge in [0.05, 0.1) is 4.47 Å². The first-order chi connectivity index (χ1) is 7.50. The van der Waals surface area contributed by atoms with Gasteiger partial charge < -0.3 is 10.4 Å². The molecule has 2 N–H and O–H groups in total. The molecule has 0 saturated heterocycles. The van der Waals surface area contributed by atoms with Crippen LogP contribution in [0.1, 0.15) is 12.5 Å². The van der Waals surface area contributed by atoms with Crippen molar-refractivity contribution in [3.63, 3.8) is 0 Å². The quantitative estimate of drug-likeness (QED) is 0.875. The number of phenols is 1. The van der Waals surface area contributed by atoms with E-state index in [1.807, 2.05) is 19.1 Å². The Morgan fingerprint density at radius 3 is 2.88 bits per heavy atom. The third-order valence-corrected chi connectivity index (χ3v) is 3.81. The normalized spacial score (nSPS) is 14.7. The van der Waals surface area contributed by atoms with Crippen LogP contribution in [0.4, 0.5) is 0 Å². The molecule has 0 amide bonds. The third-order valence-electron chi connectivity index (χ3n) is 2.20. The summed E-state index contributed by atoms with van der Waals surface area (Å²) in [5.41, 5.74) is 0.836. The lowest BCUT2D eigenvalue weighted by Crippen LogP contribution is -2.30. The first kappa shape index (κ1) is 13.7. The molecule has 0 aliphatic carbocycles. The molecule has 0 spiro atoms. The molecule has 2 unspecified atom stereocenters. The van der Waals surface area contributed by atoms with E-state index in [9.17, 15) is 9.32 Å². The molecule has 0 heterocycles. The molecule has 0 aliphatic rings. The van der Waals surface area contributed by atoms with Gasteiger partial charge in [-0.15, -0.1) is 0 Å². The summed E-state index contributed by atoms with van der Waals surface area (Å²) in [5, 5.41) is 13.0. The summed E-state index contributed by atoms with van der Waals surface area (Å²) in [4.78, 5) is 0. The minimum atomic E-state index is -0.798. The first-order valence-electron chi connectivity index (χ1n) is 5.00. The van der Waals surface area contributed by atoms with E-state index in [1.165, 1.54) is 0 Å². The molecule has 90 valence electrons. The maximum atomic E-state index is 11.0. The second-order valence-electron chi connectivity index (χ2n) is 3.77. The van der Waals surface area contributed by atoms with Gasteiger partial charge in [0.15, 0.2) is 0 Å². The van der Waals surface area contributed by atoms with Crippen molar-refractivity contribution in [2.24, 2.45) is 0 Å². The maximum absolute atomic E-state index is 11.0. The molecule has 1 aromatic carbocycles. The second kappa shape index (κ2) is 6.37. The van der Waals surface area contributed by atoms with Crippen LogP contribution in [0.3, 0.4) is 0 Å². The number of halogens is 1. The van der Waals surface area contributed by atoms with Crippen LogP contribution < -0.4 is 5.32 Å². The minimum Gasteiger partial charge on any atom is -0.506 e. The number of para-hydroxylation sites is 1. The SMILES string of the molecule is CC(CS(C)=O)NCc1cccc(Br)c1O. The number of nitrogens with one attached hydrogen (secondary N) is 1. The monoisotopic (exact) mass is 305 g/mol. The van der Waals surface area contributed by atoms with Crippen molar-refractivity contribution < 1.29 is 9.32 Å². The number of aromatic hydroxyl groups is 1. The number of benzene rings is 1. The predicted molar refractivity (Wildman–Crippen MR) is 71.0 cm³/mol. The Hall–Kier alpha value is -0.390. The van der Waals surface area contributed by atoms with Crippen LogP contribution in [-0.4, -0.2) is 27.4 Å². The second-order valence-corrected chi connectivity index (χ2v) is 6.10. The zero-order chi connectivity index (χ0) is 12.1. The topological polar surface area (TPSA) is 49.3 Å². The van der Waals surface area contributed by atoms with Crippen LogP contribution in [0.25, 0.3) is 0 Å². The fourth-order valence-corrected chi connectivity index (χ4v) is 2.63. The van der Waals surface area contributed by atoms with Gasteiger partial charge in [-0.3, -0.25) is 4.21 Å². The predicted octanol–water partition coefficient (Wildman–Crippen LogP) is 2.01. The molecular formula is C11H16BrNO2S. The van der Waals surface area contributed by atoms with Gasteiger partial charge >= 0.3 is 0 Å². The molecule has 0 bridgehead atoms. The van der Waals surface area contributed by atoms with Crippen LogP contribution >= 0.6 is 15.9 Å². The summed E-state index contributed by atoms with van der Waals surface area (Å²) in [6.07, 6.45) is 1.69. The number of hydrogen-bond acceptors (Lipinski definition) is 3. The molecule has 2 atom stereocenters. The zero-order valence-corrected chi connectivity index (χ0v) is 11.8. The molecular weight excluding hydrogens is 290 g/mol. The van der Waals surface area contributed by atoms with Gasteiger partial charge in [0.1, 0.15) is 5.75 Å². The standard InChI is InChI=1S/C11H16BrNO2S/c1-8(7-16(2)15)13-6-9-4-3-5-10(12)11(9)14/h3-5,8,13-14H,6-7H2,1-2H3. The Bertz CT molecular complexity index is 384. The highest BCUT2D eigenvalue weighted by atomic mass is 79.9. The van der Waals surface area contributed by atoms with E-state index >= 15 is 0 Å². The number of hydrogen-bond donors (Lipinski definition) is 2. The summed E-state index contributed by atoms with van der Waals surface area (Å²) >= 11 is 3.27. The van der Waals surface area contributed by atoms with Gasteiger partial charge in [-0.25, -0.2) is 0 Å². The van der Waals surface area contributed by atoms with Crippen LogP contribution in [-0.2, 0) is 17.3 Å². The van der Waals surface area contributed by atoms with Crippen LogP contribution in [0.2, 0.25) is 0 Å². The molecule has 1 aromatic rings. The van der Waals surface area contributed by atoms with Crippen molar-refractivity contribution in [2.45, 2.75) is 19.5 Å². The Labute approximate surface area is 107 Å². The van der Waals surface area contributed by atoms with E-state index in [-0.39, 0.29) is 11.8 Å². The van der Waals surface area contributed by atoms with Gasteiger partial charge in [-0.1, -0.05) is 12.1 Å². The summed E-state index contributed by atoms with van der Waals surface area (Å²) in [7, 11) is -0.798. The van der Waals surface area contributed by atoms with E-state index in [1.54, 1.807) is 12.3 Å². The molecule has 16 heavy (non-hydrogen) atoms. The fourth-order valence-electron chi connectivity index (χ4n) is 1.40. The van der Waals surface area contributed by atoms with Gasteiger partial charge in [0.2, 0.25) is 0 Å². The Balaban J connectivity index is 2.54. The maximum Gasteiger partial charge on any atom is 0.134 e. The zero-order valence-electron chi connectivity index (χ0n) is 9.37. The molecule has 5 heteroatoms. The Morgan fingerprint density at radius 1 is 1.56 bits per heavy atom. The van der Waals surface area contributed by atoms with Crippen molar-refractivity contribution in [2.75, 3.05) is 12.0 Å². The first-order valence-corrected chi connectivity index (χ1v) is 7.52. The minimum absolute atomic E-state index is 0.171. The lowest BCUT2D eigenvalue weighted by molar-refractivity contribution is 0.458. The van der Waals surface area contributed by atoms with Crippen LogP contribution in [0.5, 0.6) is 5.75 Å². The largest absolute Gasteiger partial charge is 0.506 e. The van der Waals surface area contributed by atoms with Crippen molar-refractivity contribution >= 4 is 26.7 Å². The van der Waals surface area contributed by atoms with Gasteiger partial charge in [0.25, 0.3) is 0 Å². The summed E-state index contributed by atoms with van der Waals surface area (Å²) in [6.45, 7) is 2.56. The smallest absolute Gasteiger partial charge is 0.134 e. The number of rotatable bonds is 5. The molecule has 0 fully saturated rings. The van der Waals surface area contributed by atoms with E-state index in [2.05, 4.69) is 21.2 Å². The molecule has 1 rings (SSSR count). The molecule has 0 aliphatic heterocycles. The Morgan fingerprint density at radius 2 is 2.25 bits per heavy atom. The van der Waals surface area contributed by atoms with Crippen molar-refractivity contribution in [3.8, 4) is 5.75 Å². The summed E-state index contributed by atoms with van der Waals surface area (Å²) < 4.78 is 11.7. The highest BCUT2D eigenvalue weighted by Crippen LogP contribution is 2.27. The van der Waals surface area contributed by atoms with Gasteiger partial charge in [0, 0.05) is 41.0 Å². The average molecular weight is 306 g/mol. The fraction of sp³-hybridized carbons (Fsp3) is 0.455. The highest BCUT2D eigenvalue weighted by molar-refractivity contribution is 9.10. The van der Waals surface area contributed by atoms with Crippen molar-refractivity contribution in [1.29, 1.82) is 0 Å². The lowest BCUT2D eigenvalue weighted by atomic mass is 10.2. The third kappa shape index (κ3) is 4.23. The number of phenolic OH excluding ortho intramolecular Hbond substituents is 1. The van der Waals surface area contributed by atoms with Crippen molar-refractivity contribution in [1.82, 2.24) is 5.32 Å². The average Bonchev–Trinajstić information content (AvgIpc) is 2.19. The molecule has 0 radical (unpaired) electrons. The Kier molecular flexibility index (Phi) is 5.44. The van der Waals surface area contributed by atoms with Crippen molar-refractivity contribution in [3.05, 3.63) is 28.2 Å². The molecule has 0 saturated carbocycles. The van der Waals surface area contributed by atoms with Crippen LogP contribution in [0.15, 0.2) is 22.7 Å². The van der Waals surface area contributed by atoms with E-state index in [0.29, 0.717) is 16.8 Å². The van der Waals surface area contributed by atoms with Crippen LogP contribution in [0, 0.1) is 0 Å². The van der Waals surface area contributed by atoms with Gasteiger partial charge in [-0.05, 0) is 28.9 Å². The summed E-state index contributed by atoms with van der Waals surface area (Å²) in [6, 6.07) is 5.71. The molecule has 3 nitrogen and oxygen atoms in total. The van der Waals surface area contributed by atoms with E-state index < -0.39 is 10.8 Å². The highest BCUT2D eigenvalue weighted by Gasteiger charge is 2.07. The lowest BCUT2D eigenvalue weighted by Gasteiger charge is -2.13. The molecule has 0 aromatic heterocycles. The van der Waals surface area contributed by atoms with Gasteiger partial charge in [-0.2, -0.15) is 0 Å². The summed E-state index contributed by atoms with van der Waals surface area (Å²) in [5.74, 6) is 0.884. The van der Waals surface area contributed by atoms with E-state index in [0.717, 1.165) is 5.56 Å².